The maximum absolute atomic E-state index is 2.29. The fourth-order valence-corrected chi connectivity index (χ4v) is 2.67. The summed E-state index contributed by atoms with van der Waals surface area (Å²) in [5.41, 5.74) is 5.92. The zero-order valence-electron chi connectivity index (χ0n) is 9.45. The topological polar surface area (TPSA) is 0 Å². The van der Waals surface area contributed by atoms with Gasteiger partial charge in [-0.3, -0.25) is 0 Å². The van der Waals surface area contributed by atoms with Crippen molar-refractivity contribution in [1.82, 2.24) is 0 Å². The lowest BCUT2D eigenvalue weighted by Crippen LogP contribution is -2.00. The smallest absolute Gasteiger partial charge is 0.0149 e. The Morgan fingerprint density at radius 3 is 2.62 bits per heavy atom. The van der Waals surface area contributed by atoms with Crippen LogP contribution < -0.4 is 0 Å². The first-order chi connectivity index (χ1) is 7.95. The van der Waals surface area contributed by atoms with Crippen LogP contribution in [-0.2, 0) is 0 Å². The molecule has 80 valence electrons. The highest BCUT2D eigenvalue weighted by Gasteiger charge is 2.14. The molecule has 0 bridgehead atoms. The molecule has 2 aliphatic rings. The third-order valence-electron chi connectivity index (χ3n) is 3.48. The third-order valence-corrected chi connectivity index (χ3v) is 3.48. The maximum Gasteiger partial charge on any atom is -0.0149 e. The fraction of sp³-hybridized carbons (Fsp3) is 0.250. The van der Waals surface area contributed by atoms with Gasteiger partial charge in [-0.15, -0.1) is 0 Å². The van der Waals surface area contributed by atoms with Crippen molar-refractivity contribution in [2.75, 3.05) is 0 Å². The molecule has 0 spiro atoms. The van der Waals surface area contributed by atoms with Crippen molar-refractivity contribution < 1.29 is 0 Å². The Hall–Kier alpha value is -1.56. The van der Waals surface area contributed by atoms with E-state index in [4.69, 9.17) is 0 Å². The van der Waals surface area contributed by atoms with Crippen molar-refractivity contribution in [3.05, 3.63) is 59.2 Å². The molecule has 16 heavy (non-hydrogen) atoms. The van der Waals surface area contributed by atoms with Gasteiger partial charge in [-0.2, -0.15) is 0 Å². The average Bonchev–Trinajstić information content (AvgIpc) is 2.33. The summed E-state index contributed by atoms with van der Waals surface area (Å²) in [4.78, 5) is 0. The highest BCUT2D eigenvalue weighted by atomic mass is 14.2. The molecule has 0 heteroatoms. The maximum atomic E-state index is 2.29. The fourth-order valence-electron chi connectivity index (χ4n) is 2.67. The molecule has 0 heterocycles. The van der Waals surface area contributed by atoms with Gasteiger partial charge in [0.15, 0.2) is 0 Å². The van der Waals surface area contributed by atoms with E-state index in [1.165, 1.54) is 36.8 Å². The van der Waals surface area contributed by atoms with Gasteiger partial charge in [0.2, 0.25) is 0 Å². The molecule has 0 atom stereocenters. The number of rotatable bonds is 0. The van der Waals surface area contributed by atoms with Gasteiger partial charge in [-0.05, 0) is 48.0 Å². The van der Waals surface area contributed by atoms with Crippen LogP contribution in [0.1, 0.15) is 36.8 Å². The van der Waals surface area contributed by atoms with Crippen molar-refractivity contribution in [1.29, 1.82) is 0 Å². The first-order valence-corrected chi connectivity index (χ1v) is 6.11. The first kappa shape index (κ1) is 9.65. The molecule has 0 unspecified atom stereocenters. The van der Waals surface area contributed by atoms with Gasteiger partial charge in [0, 0.05) is 0 Å². The molecular weight excluding hydrogens is 192 g/mol. The van der Waals surface area contributed by atoms with Gasteiger partial charge in [-0.25, -0.2) is 0 Å². The summed E-state index contributed by atoms with van der Waals surface area (Å²) in [7, 11) is 0. The molecule has 0 nitrogen and oxygen atoms in total. The molecule has 0 aliphatic heterocycles. The lowest BCUT2D eigenvalue weighted by Gasteiger charge is -2.21. The van der Waals surface area contributed by atoms with Gasteiger partial charge in [0.05, 0.1) is 0 Å². The van der Waals surface area contributed by atoms with Gasteiger partial charge < -0.3 is 0 Å². The van der Waals surface area contributed by atoms with Crippen LogP contribution in [0.3, 0.4) is 0 Å². The van der Waals surface area contributed by atoms with Gasteiger partial charge in [0.25, 0.3) is 0 Å². The molecule has 0 amide bonds. The van der Waals surface area contributed by atoms with Crippen LogP contribution in [-0.4, -0.2) is 0 Å². The van der Waals surface area contributed by atoms with Gasteiger partial charge in [-0.1, -0.05) is 48.6 Å². The van der Waals surface area contributed by atoms with E-state index in [1.54, 1.807) is 11.1 Å². The van der Waals surface area contributed by atoms with Crippen LogP contribution in [0.25, 0.3) is 11.6 Å². The molecule has 0 radical (unpaired) electrons. The summed E-state index contributed by atoms with van der Waals surface area (Å²) in [6, 6.07) is 8.75. The molecular formula is C16H16. The van der Waals surface area contributed by atoms with Crippen molar-refractivity contribution in [3.8, 4) is 0 Å². The highest BCUT2D eigenvalue weighted by Crippen LogP contribution is 2.35. The second kappa shape index (κ2) is 4.13. The van der Waals surface area contributed by atoms with E-state index in [0.717, 1.165) is 0 Å². The minimum Gasteiger partial charge on any atom is -0.0620 e. The van der Waals surface area contributed by atoms with E-state index in [-0.39, 0.29) is 0 Å². The Labute approximate surface area is 97.0 Å². The third kappa shape index (κ3) is 1.65. The predicted octanol–water partition coefficient (Wildman–Crippen LogP) is 4.60. The minimum absolute atomic E-state index is 1.24. The minimum atomic E-state index is 1.24. The van der Waals surface area contributed by atoms with Crippen LogP contribution in [0.2, 0.25) is 0 Å². The standard InChI is InChI=1S/C16H16/c1-2-8-14-10-4-6-12-16(14)15-11-5-3-9-13(15)7-1/h1-3,5,7-9,11H,4,6,10,12H2. The number of hydrogen-bond acceptors (Lipinski definition) is 0. The molecule has 0 N–H and O–H groups in total. The zero-order valence-corrected chi connectivity index (χ0v) is 9.45. The number of allylic oxidation sites excluding steroid dienone is 5. The molecule has 2 aliphatic carbocycles. The second-order valence-electron chi connectivity index (χ2n) is 4.52. The molecule has 0 fully saturated rings. The van der Waals surface area contributed by atoms with Crippen LogP contribution in [0, 0.1) is 0 Å². The van der Waals surface area contributed by atoms with Crippen molar-refractivity contribution in [2.45, 2.75) is 25.7 Å². The van der Waals surface area contributed by atoms with Crippen LogP contribution in [0.4, 0.5) is 0 Å². The Morgan fingerprint density at radius 2 is 1.62 bits per heavy atom. The lowest BCUT2D eigenvalue weighted by atomic mass is 9.84. The quantitative estimate of drug-likeness (QED) is 0.584. The van der Waals surface area contributed by atoms with Gasteiger partial charge in [0.1, 0.15) is 0 Å². The SMILES string of the molecule is C1=CC2=C(CCCC2)c2ccccc2C=C1. The van der Waals surface area contributed by atoms with Crippen molar-refractivity contribution in [2.24, 2.45) is 0 Å². The lowest BCUT2D eigenvalue weighted by molar-refractivity contribution is 0.724. The van der Waals surface area contributed by atoms with E-state index >= 15 is 0 Å². The average molecular weight is 208 g/mol. The van der Waals surface area contributed by atoms with Crippen molar-refractivity contribution >= 4 is 11.6 Å². The van der Waals surface area contributed by atoms with E-state index in [0.29, 0.717) is 0 Å². The first-order valence-electron chi connectivity index (χ1n) is 6.11. The molecule has 3 rings (SSSR count). The Morgan fingerprint density at radius 1 is 0.812 bits per heavy atom. The van der Waals surface area contributed by atoms with Crippen molar-refractivity contribution in [3.63, 3.8) is 0 Å². The molecule has 0 saturated carbocycles. The van der Waals surface area contributed by atoms with Gasteiger partial charge >= 0.3 is 0 Å². The number of benzene rings is 1. The summed E-state index contributed by atoms with van der Waals surface area (Å²) in [6.07, 6.45) is 14.0. The van der Waals surface area contributed by atoms with E-state index in [9.17, 15) is 0 Å². The predicted molar refractivity (Wildman–Crippen MR) is 70.0 cm³/mol. The van der Waals surface area contributed by atoms with E-state index < -0.39 is 0 Å². The Kier molecular flexibility index (Phi) is 2.49. The van der Waals surface area contributed by atoms with Crippen LogP contribution >= 0.6 is 0 Å². The van der Waals surface area contributed by atoms with Crippen LogP contribution in [0.15, 0.2) is 48.1 Å². The summed E-state index contributed by atoms with van der Waals surface area (Å²) >= 11 is 0. The highest BCUT2D eigenvalue weighted by molar-refractivity contribution is 5.79. The molecule has 1 aromatic carbocycles. The monoisotopic (exact) mass is 208 g/mol. The normalized spacial score (nSPS) is 18.8. The summed E-state index contributed by atoms with van der Waals surface area (Å²) in [6.45, 7) is 0. The zero-order chi connectivity index (χ0) is 10.8. The number of hydrogen-bond donors (Lipinski definition) is 0. The summed E-state index contributed by atoms with van der Waals surface area (Å²) < 4.78 is 0. The van der Waals surface area contributed by atoms with E-state index in [2.05, 4.69) is 48.6 Å². The van der Waals surface area contributed by atoms with E-state index in [1.807, 2.05) is 0 Å². The second-order valence-corrected chi connectivity index (χ2v) is 4.52. The number of fused-ring (bicyclic) bond motifs is 2. The largest absolute Gasteiger partial charge is 0.0620 e. The van der Waals surface area contributed by atoms with Crippen LogP contribution in [0.5, 0.6) is 0 Å². The molecule has 1 aromatic rings. The summed E-state index contributed by atoms with van der Waals surface area (Å²) in [5, 5.41) is 0. The Bertz CT molecular complexity index is 487. The molecule has 0 saturated heterocycles. The summed E-state index contributed by atoms with van der Waals surface area (Å²) in [5.74, 6) is 0. The molecule has 0 aromatic heterocycles. The Balaban J connectivity index is 2.21.